The molecule has 0 atom stereocenters. The number of hydrogen-bond acceptors (Lipinski definition) is 4. The highest BCUT2D eigenvalue weighted by Crippen LogP contribution is 2.26. The fraction of sp³-hybridized carbons (Fsp3) is 0.333. The molecule has 0 bridgehead atoms. The number of rotatable bonds is 5. The molecule has 6 heteroatoms. The Morgan fingerprint density at radius 1 is 1.48 bits per heavy atom. The first kappa shape index (κ1) is 14.9. The summed E-state index contributed by atoms with van der Waals surface area (Å²) in [6.45, 7) is 4.60. The van der Waals surface area contributed by atoms with Gasteiger partial charge in [-0.3, -0.25) is 9.48 Å². The van der Waals surface area contributed by atoms with Crippen molar-refractivity contribution in [1.29, 1.82) is 0 Å². The van der Waals surface area contributed by atoms with Gasteiger partial charge < -0.3 is 15.8 Å². The fourth-order valence-corrected chi connectivity index (χ4v) is 1.93. The lowest BCUT2D eigenvalue weighted by Crippen LogP contribution is -2.15. The third-order valence-corrected chi connectivity index (χ3v) is 2.92. The molecule has 0 saturated heterocycles. The Hall–Kier alpha value is -2.50. The summed E-state index contributed by atoms with van der Waals surface area (Å²) in [4.78, 5) is 12.2. The van der Waals surface area contributed by atoms with Crippen LogP contribution in [0.3, 0.4) is 0 Å². The lowest BCUT2D eigenvalue weighted by atomic mass is 10.2. The molecule has 0 aliphatic carbocycles. The van der Waals surface area contributed by atoms with Gasteiger partial charge >= 0.3 is 0 Å². The molecule has 21 heavy (non-hydrogen) atoms. The number of hydrogen-bond donors (Lipinski definition) is 2. The minimum Gasteiger partial charge on any atom is -0.491 e. The second-order valence-corrected chi connectivity index (χ2v) is 4.91. The summed E-state index contributed by atoms with van der Waals surface area (Å²) < 4.78 is 7.18. The van der Waals surface area contributed by atoms with Crippen molar-refractivity contribution in [2.75, 3.05) is 17.7 Å². The molecular weight excluding hydrogens is 268 g/mol. The van der Waals surface area contributed by atoms with Crippen LogP contribution in [0.2, 0.25) is 0 Å². The summed E-state index contributed by atoms with van der Waals surface area (Å²) in [5, 5.41) is 6.85. The molecule has 0 saturated carbocycles. The van der Waals surface area contributed by atoms with E-state index in [9.17, 15) is 4.79 Å². The zero-order valence-electron chi connectivity index (χ0n) is 12.5. The Bertz CT molecular complexity index is 649. The van der Waals surface area contributed by atoms with Crippen LogP contribution in [0.25, 0.3) is 0 Å². The number of nitrogens with two attached hydrogens (primary N) is 1. The zero-order valence-corrected chi connectivity index (χ0v) is 12.5. The lowest BCUT2D eigenvalue weighted by Gasteiger charge is -2.12. The number of nitrogens with zero attached hydrogens (tertiary/aromatic N) is 2. The highest BCUT2D eigenvalue weighted by Gasteiger charge is 2.16. The van der Waals surface area contributed by atoms with Crippen molar-refractivity contribution in [3.63, 3.8) is 0 Å². The molecule has 6 nitrogen and oxygen atoms in total. The normalized spacial score (nSPS) is 10.4. The number of amides is 1. The van der Waals surface area contributed by atoms with Crippen LogP contribution in [0.4, 0.5) is 11.4 Å². The van der Waals surface area contributed by atoms with Crippen LogP contribution >= 0.6 is 0 Å². The third-order valence-electron chi connectivity index (χ3n) is 2.92. The first-order valence-corrected chi connectivity index (χ1v) is 6.85. The topological polar surface area (TPSA) is 82.2 Å². The molecule has 1 aromatic carbocycles. The van der Waals surface area contributed by atoms with Crippen molar-refractivity contribution in [3.05, 3.63) is 35.7 Å². The van der Waals surface area contributed by atoms with Gasteiger partial charge in [0.05, 0.1) is 18.0 Å². The van der Waals surface area contributed by atoms with E-state index in [2.05, 4.69) is 10.4 Å². The summed E-state index contributed by atoms with van der Waals surface area (Å²) in [5.74, 6) is 0.304. The summed E-state index contributed by atoms with van der Waals surface area (Å²) in [7, 11) is 1.72. The van der Waals surface area contributed by atoms with E-state index >= 15 is 0 Å². The molecule has 3 N–H and O–H groups in total. The SMILES string of the molecule is CCCOc1cc(C)ccc1NC(=O)c1nn(C)cc1N. The van der Waals surface area contributed by atoms with Gasteiger partial charge in [-0.2, -0.15) is 5.10 Å². The average Bonchev–Trinajstić information content (AvgIpc) is 2.78. The van der Waals surface area contributed by atoms with Crippen molar-refractivity contribution in [2.24, 2.45) is 7.05 Å². The standard InChI is InChI=1S/C15H20N4O2/c1-4-7-21-13-8-10(2)5-6-12(13)17-15(20)14-11(16)9-19(3)18-14/h5-6,8-9H,4,7,16H2,1-3H3,(H,17,20). The maximum Gasteiger partial charge on any atom is 0.278 e. The molecular formula is C15H20N4O2. The molecule has 1 amide bonds. The van der Waals surface area contributed by atoms with Gasteiger partial charge in [-0.1, -0.05) is 13.0 Å². The Labute approximate surface area is 123 Å². The predicted octanol–water partition coefficient (Wildman–Crippen LogP) is 2.35. The van der Waals surface area contributed by atoms with Gasteiger partial charge in [0.1, 0.15) is 5.75 Å². The molecule has 0 aliphatic rings. The number of ether oxygens (including phenoxy) is 1. The number of nitrogen functional groups attached to an aromatic ring is 1. The van der Waals surface area contributed by atoms with E-state index in [-0.39, 0.29) is 11.6 Å². The quantitative estimate of drug-likeness (QED) is 0.884. The fourth-order valence-electron chi connectivity index (χ4n) is 1.93. The second kappa shape index (κ2) is 6.30. The van der Waals surface area contributed by atoms with Gasteiger partial charge in [-0.05, 0) is 31.0 Å². The van der Waals surface area contributed by atoms with Crippen LogP contribution in [0.1, 0.15) is 29.4 Å². The van der Waals surface area contributed by atoms with Crippen LogP contribution in [-0.2, 0) is 7.05 Å². The number of nitrogens with one attached hydrogen (secondary N) is 1. The summed E-state index contributed by atoms with van der Waals surface area (Å²) in [6, 6.07) is 5.63. The van der Waals surface area contributed by atoms with Crippen LogP contribution < -0.4 is 15.8 Å². The van der Waals surface area contributed by atoms with Crippen LogP contribution in [0.15, 0.2) is 24.4 Å². The summed E-state index contributed by atoms with van der Waals surface area (Å²) >= 11 is 0. The van der Waals surface area contributed by atoms with Crippen molar-refractivity contribution in [2.45, 2.75) is 20.3 Å². The maximum absolute atomic E-state index is 12.2. The van der Waals surface area contributed by atoms with E-state index < -0.39 is 0 Å². The summed E-state index contributed by atoms with van der Waals surface area (Å²) in [6.07, 6.45) is 2.49. The maximum atomic E-state index is 12.2. The molecule has 0 aliphatic heterocycles. The number of anilines is 2. The first-order valence-electron chi connectivity index (χ1n) is 6.85. The Balaban J connectivity index is 2.22. The highest BCUT2D eigenvalue weighted by molar-refractivity contribution is 6.06. The van der Waals surface area contributed by atoms with Gasteiger partial charge in [-0.15, -0.1) is 0 Å². The number of benzene rings is 1. The van der Waals surface area contributed by atoms with E-state index in [0.29, 0.717) is 23.7 Å². The molecule has 112 valence electrons. The summed E-state index contributed by atoms with van der Waals surface area (Å²) in [5.41, 5.74) is 8.00. The van der Waals surface area contributed by atoms with E-state index in [1.54, 1.807) is 13.2 Å². The monoisotopic (exact) mass is 288 g/mol. The highest BCUT2D eigenvalue weighted by atomic mass is 16.5. The molecule has 1 aromatic heterocycles. The molecule has 2 aromatic rings. The number of carbonyl (C=O) groups is 1. The molecule has 0 fully saturated rings. The van der Waals surface area contributed by atoms with Crippen LogP contribution in [0.5, 0.6) is 5.75 Å². The molecule has 0 unspecified atom stereocenters. The largest absolute Gasteiger partial charge is 0.491 e. The van der Waals surface area contributed by atoms with E-state index in [4.69, 9.17) is 10.5 Å². The van der Waals surface area contributed by atoms with E-state index in [1.165, 1.54) is 4.68 Å². The Morgan fingerprint density at radius 3 is 2.86 bits per heavy atom. The van der Waals surface area contributed by atoms with Crippen molar-refractivity contribution >= 4 is 17.3 Å². The predicted molar refractivity (Wildman–Crippen MR) is 82.5 cm³/mol. The molecule has 1 heterocycles. The van der Waals surface area contributed by atoms with Crippen molar-refractivity contribution in [1.82, 2.24) is 9.78 Å². The lowest BCUT2D eigenvalue weighted by molar-refractivity contribution is 0.102. The minimum absolute atomic E-state index is 0.208. The van der Waals surface area contributed by atoms with E-state index in [1.807, 2.05) is 32.0 Å². The van der Waals surface area contributed by atoms with Gasteiger partial charge in [0.25, 0.3) is 5.91 Å². The molecule has 0 spiro atoms. The molecule has 0 radical (unpaired) electrons. The Morgan fingerprint density at radius 2 is 2.24 bits per heavy atom. The van der Waals surface area contributed by atoms with Gasteiger partial charge in [0.2, 0.25) is 0 Å². The number of aromatic nitrogens is 2. The van der Waals surface area contributed by atoms with Gasteiger partial charge in [0, 0.05) is 13.2 Å². The van der Waals surface area contributed by atoms with Gasteiger partial charge in [0.15, 0.2) is 5.69 Å². The smallest absolute Gasteiger partial charge is 0.278 e. The van der Waals surface area contributed by atoms with Crippen LogP contribution in [-0.4, -0.2) is 22.3 Å². The molecule has 2 rings (SSSR count). The van der Waals surface area contributed by atoms with E-state index in [0.717, 1.165) is 12.0 Å². The Kier molecular flexibility index (Phi) is 4.47. The number of carbonyl (C=O) groups excluding carboxylic acids is 1. The van der Waals surface area contributed by atoms with Crippen LogP contribution in [0, 0.1) is 6.92 Å². The second-order valence-electron chi connectivity index (χ2n) is 4.91. The first-order chi connectivity index (χ1) is 10.0. The third kappa shape index (κ3) is 3.53. The van der Waals surface area contributed by atoms with Gasteiger partial charge in [-0.25, -0.2) is 0 Å². The van der Waals surface area contributed by atoms with Crippen molar-refractivity contribution in [3.8, 4) is 5.75 Å². The average molecular weight is 288 g/mol. The van der Waals surface area contributed by atoms with Crippen molar-refractivity contribution < 1.29 is 9.53 Å². The minimum atomic E-state index is -0.349. The zero-order chi connectivity index (χ0) is 15.4. The number of aryl methyl sites for hydroxylation is 2.